The lowest BCUT2D eigenvalue weighted by atomic mass is 10.1. The number of anilines is 1. The summed E-state index contributed by atoms with van der Waals surface area (Å²) in [5.41, 5.74) is 2.25. The van der Waals surface area contributed by atoms with Crippen LogP contribution in [0.2, 0.25) is 0 Å². The van der Waals surface area contributed by atoms with Gasteiger partial charge in [0.1, 0.15) is 6.54 Å². The van der Waals surface area contributed by atoms with Gasteiger partial charge in [-0.1, -0.05) is 30.2 Å². The predicted octanol–water partition coefficient (Wildman–Crippen LogP) is 2.44. The number of terminal acetylenes is 1. The molecule has 6 nitrogen and oxygen atoms in total. The summed E-state index contributed by atoms with van der Waals surface area (Å²) in [6.45, 7) is 1.85. The minimum atomic E-state index is -0.376. The summed E-state index contributed by atoms with van der Waals surface area (Å²) in [7, 11) is 0. The van der Waals surface area contributed by atoms with Crippen LogP contribution in [0.15, 0.2) is 54.6 Å². The molecule has 0 unspecified atom stereocenters. The molecule has 1 heterocycles. The molecule has 6 heteroatoms. The van der Waals surface area contributed by atoms with Gasteiger partial charge in [0.2, 0.25) is 5.91 Å². The maximum absolute atomic E-state index is 13.0. The third-order valence-corrected chi connectivity index (χ3v) is 4.73. The molecule has 1 aliphatic rings. The van der Waals surface area contributed by atoms with E-state index in [4.69, 9.17) is 11.2 Å². The number of rotatable bonds is 5. The third kappa shape index (κ3) is 5.14. The minimum absolute atomic E-state index is 0.114. The van der Waals surface area contributed by atoms with Crippen molar-refractivity contribution >= 4 is 23.6 Å². The molecule has 0 radical (unpaired) electrons. The van der Waals surface area contributed by atoms with E-state index < -0.39 is 0 Å². The zero-order valence-electron chi connectivity index (χ0n) is 16.5. The molecular weight excluding hydrogens is 378 g/mol. The maximum Gasteiger partial charge on any atom is 0.251 e. The average molecular weight is 399 g/mol. The van der Waals surface area contributed by atoms with Crippen LogP contribution in [0.5, 0.6) is 0 Å². The quantitative estimate of drug-likeness (QED) is 0.572. The van der Waals surface area contributed by atoms with Crippen LogP contribution in [0.4, 0.5) is 5.69 Å². The number of nitrogens with zero attached hydrogens (tertiary/aromatic N) is 3. The first kappa shape index (κ1) is 20.9. The number of hydrogen-bond donors (Lipinski definition) is 0. The summed E-state index contributed by atoms with van der Waals surface area (Å²) in [6, 6.07) is 16.0. The highest BCUT2D eigenvalue weighted by Crippen LogP contribution is 2.18. The highest BCUT2D eigenvalue weighted by Gasteiger charge is 2.23. The molecule has 0 saturated carbocycles. The van der Waals surface area contributed by atoms with Gasteiger partial charge in [-0.25, -0.2) is 0 Å². The molecule has 1 fully saturated rings. The van der Waals surface area contributed by atoms with Crippen LogP contribution in [-0.4, -0.2) is 49.6 Å². The lowest BCUT2D eigenvalue weighted by molar-refractivity contribution is -0.134. The van der Waals surface area contributed by atoms with Crippen LogP contribution >= 0.6 is 0 Å². The van der Waals surface area contributed by atoms with E-state index in [0.717, 1.165) is 0 Å². The average Bonchev–Trinajstić information content (AvgIpc) is 2.81. The summed E-state index contributed by atoms with van der Waals surface area (Å²) < 4.78 is 5.29. The summed E-state index contributed by atoms with van der Waals surface area (Å²) >= 11 is 0. The van der Waals surface area contributed by atoms with E-state index in [2.05, 4.69) is 12.0 Å². The van der Waals surface area contributed by atoms with Gasteiger partial charge in [0.15, 0.2) is 0 Å². The summed E-state index contributed by atoms with van der Waals surface area (Å²) in [5.74, 6) is 2.01. The number of nitriles is 1. The molecule has 0 N–H and O–H groups in total. The van der Waals surface area contributed by atoms with Crippen LogP contribution in [0.25, 0.3) is 6.08 Å². The number of ether oxygens (including phenoxy) is 1. The largest absolute Gasteiger partial charge is 0.378 e. The topological polar surface area (TPSA) is 73.6 Å². The fourth-order valence-electron chi connectivity index (χ4n) is 3.10. The second-order valence-electron chi connectivity index (χ2n) is 6.64. The van der Waals surface area contributed by atoms with Crippen molar-refractivity contribution in [2.24, 2.45) is 0 Å². The van der Waals surface area contributed by atoms with Crippen molar-refractivity contribution in [3.63, 3.8) is 0 Å². The molecule has 1 saturated heterocycles. The monoisotopic (exact) mass is 399 g/mol. The standard InChI is InChI=1S/C24H21N3O3/c1-2-19-6-5-9-22(16-19)27(18-24(29)26-12-14-30-15-13-26)23(28)11-10-20-7-3-4-8-21(20)17-25/h1,3-11,16H,12-15,18H2. The molecule has 2 aromatic rings. The van der Waals surface area contributed by atoms with Crippen molar-refractivity contribution in [2.45, 2.75) is 0 Å². The van der Waals surface area contributed by atoms with Crippen molar-refractivity contribution in [3.05, 3.63) is 71.3 Å². The molecule has 150 valence electrons. The predicted molar refractivity (Wildman–Crippen MR) is 114 cm³/mol. The highest BCUT2D eigenvalue weighted by molar-refractivity contribution is 6.07. The van der Waals surface area contributed by atoms with Crippen molar-refractivity contribution in [2.75, 3.05) is 37.7 Å². The van der Waals surface area contributed by atoms with Crippen LogP contribution in [0.3, 0.4) is 0 Å². The number of benzene rings is 2. The number of amides is 2. The molecule has 0 atom stereocenters. The Hall–Kier alpha value is -3.87. The van der Waals surface area contributed by atoms with E-state index in [-0.39, 0.29) is 18.4 Å². The Kier molecular flexibility index (Phi) is 7.00. The van der Waals surface area contributed by atoms with Crippen LogP contribution in [-0.2, 0) is 14.3 Å². The Balaban J connectivity index is 1.87. The minimum Gasteiger partial charge on any atom is -0.378 e. The molecular formula is C24H21N3O3. The van der Waals surface area contributed by atoms with Gasteiger partial charge >= 0.3 is 0 Å². The third-order valence-electron chi connectivity index (χ3n) is 4.73. The van der Waals surface area contributed by atoms with Crippen molar-refractivity contribution in [1.82, 2.24) is 4.90 Å². The van der Waals surface area contributed by atoms with Gasteiger partial charge in [0, 0.05) is 30.4 Å². The van der Waals surface area contributed by atoms with E-state index in [9.17, 15) is 14.9 Å². The first-order valence-corrected chi connectivity index (χ1v) is 9.53. The maximum atomic E-state index is 13.0. The van der Waals surface area contributed by atoms with E-state index in [1.165, 1.54) is 11.0 Å². The number of carbonyl (C=O) groups is 2. The molecule has 0 spiro atoms. The first-order valence-electron chi connectivity index (χ1n) is 9.53. The zero-order chi connectivity index (χ0) is 21.3. The highest BCUT2D eigenvalue weighted by atomic mass is 16.5. The molecule has 3 rings (SSSR count). The van der Waals surface area contributed by atoms with E-state index in [1.54, 1.807) is 59.5 Å². The van der Waals surface area contributed by atoms with Crippen molar-refractivity contribution < 1.29 is 14.3 Å². The zero-order valence-corrected chi connectivity index (χ0v) is 16.5. The summed E-state index contributed by atoms with van der Waals surface area (Å²) in [6.07, 6.45) is 8.44. The summed E-state index contributed by atoms with van der Waals surface area (Å²) in [5, 5.41) is 9.23. The van der Waals surface area contributed by atoms with Crippen molar-refractivity contribution in [1.29, 1.82) is 5.26 Å². The van der Waals surface area contributed by atoms with Gasteiger partial charge < -0.3 is 9.64 Å². The van der Waals surface area contributed by atoms with E-state index in [0.29, 0.717) is 48.7 Å². The number of hydrogen-bond acceptors (Lipinski definition) is 4. The number of carbonyl (C=O) groups excluding carboxylic acids is 2. The fourth-order valence-corrected chi connectivity index (χ4v) is 3.10. The molecule has 1 aliphatic heterocycles. The number of morpholine rings is 1. The summed E-state index contributed by atoms with van der Waals surface area (Å²) in [4.78, 5) is 28.9. The lowest BCUT2D eigenvalue weighted by Gasteiger charge is -2.29. The normalized spacial score (nSPS) is 13.5. The molecule has 0 aliphatic carbocycles. The van der Waals surface area contributed by atoms with Gasteiger partial charge in [-0.3, -0.25) is 14.5 Å². The molecule has 30 heavy (non-hydrogen) atoms. The molecule has 2 aromatic carbocycles. The van der Waals surface area contributed by atoms with Crippen LogP contribution < -0.4 is 4.90 Å². The SMILES string of the molecule is C#Cc1cccc(N(CC(=O)N2CCOCC2)C(=O)C=Cc2ccccc2C#N)c1. The molecule has 0 bridgehead atoms. The Morgan fingerprint density at radius 1 is 1.17 bits per heavy atom. The molecule has 0 aromatic heterocycles. The lowest BCUT2D eigenvalue weighted by Crippen LogP contribution is -2.47. The van der Waals surface area contributed by atoms with Gasteiger partial charge in [0.05, 0.1) is 24.8 Å². The van der Waals surface area contributed by atoms with E-state index in [1.807, 2.05) is 0 Å². The first-order chi connectivity index (χ1) is 14.6. The second kappa shape index (κ2) is 10.1. The van der Waals surface area contributed by atoms with Crippen LogP contribution in [0.1, 0.15) is 16.7 Å². The smallest absolute Gasteiger partial charge is 0.251 e. The van der Waals surface area contributed by atoms with Gasteiger partial charge in [-0.2, -0.15) is 5.26 Å². The van der Waals surface area contributed by atoms with Crippen molar-refractivity contribution in [3.8, 4) is 18.4 Å². The molecule has 2 amide bonds. The Morgan fingerprint density at radius 3 is 2.67 bits per heavy atom. The second-order valence-corrected chi connectivity index (χ2v) is 6.64. The Morgan fingerprint density at radius 2 is 1.93 bits per heavy atom. The van der Waals surface area contributed by atoms with Crippen LogP contribution in [0, 0.1) is 23.7 Å². The fraction of sp³-hybridized carbons (Fsp3) is 0.208. The van der Waals surface area contributed by atoms with Gasteiger partial charge in [0.25, 0.3) is 5.91 Å². The van der Waals surface area contributed by atoms with E-state index >= 15 is 0 Å². The Bertz CT molecular complexity index is 1040. The van der Waals surface area contributed by atoms with Gasteiger partial charge in [-0.15, -0.1) is 6.42 Å². The van der Waals surface area contributed by atoms with Gasteiger partial charge in [-0.05, 0) is 35.9 Å². The Labute approximate surface area is 176 Å².